The van der Waals surface area contributed by atoms with Gasteiger partial charge in [0.25, 0.3) is 0 Å². The van der Waals surface area contributed by atoms with Crippen LogP contribution in [0.15, 0.2) is 24.3 Å². The van der Waals surface area contributed by atoms with Crippen LogP contribution in [0.1, 0.15) is 37.0 Å². The molecule has 0 aliphatic rings. The zero-order valence-corrected chi connectivity index (χ0v) is 8.75. The monoisotopic (exact) mass is 192 g/mol. The molecule has 0 aliphatic carbocycles. The molecule has 2 nitrogen and oxygen atoms in total. The largest absolute Gasteiger partial charge is 0.493 e. The smallest absolute Gasteiger partial charge is 0.166 e. The molecule has 0 unspecified atom stereocenters. The highest BCUT2D eigenvalue weighted by atomic mass is 16.5. The lowest BCUT2D eigenvalue weighted by molar-refractivity contribution is 0.0984. The molecule has 0 fully saturated rings. The maximum atomic E-state index is 11.5. The fraction of sp³-hybridized carbons (Fsp3) is 0.417. The summed E-state index contributed by atoms with van der Waals surface area (Å²) in [5.74, 6) is 0.845. The number of hydrogen-bond acceptors (Lipinski definition) is 2. The van der Waals surface area contributed by atoms with Gasteiger partial charge in [0.05, 0.1) is 12.2 Å². The average molecular weight is 192 g/mol. The molecule has 0 spiro atoms. The van der Waals surface area contributed by atoms with Crippen molar-refractivity contribution < 1.29 is 9.53 Å². The summed E-state index contributed by atoms with van der Waals surface area (Å²) in [5, 5.41) is 0. The highest BCUT2D eigenvalue weighted by Gasteiger charge is 2.08. The fourth-order valence-corrected chi connectivity index (χ4v) is 1.23. The van der Waals surface area contributed by atoms with E-state index in [1.165, 1.54) is 0 Å². The Hall–Kier alpha value is -1.31. The van der Waals surface area contributed by atoms with E-state index in [1.807, 2.05) is 38.1 Å². The lowest BCUT2D eigenvalue weighted by Gasteiger charge is -2.08. The van der Waals surface area contributed by atoms with Crippen molar-refractivity contribution in [3.63, 3.8) is 0 Å². The van der Waals surface area contributed by atoms with E-state index in [0.717, 1.165) is 6.42 Å². The normalized spacial score (nSPS) is 9.86. The van der Waals surface area contributed by atoms with E-state index >= 15 is 0 Å². The van der Waals surface area contributed by atoms with E-state index in [4.69, 9.17) is 4.74 Å². The van der Waals surface area contributed by atoms with Crippen LogP contribution >= 0.6 is 0 Å². The van der Waals surface area contributed by atoms with E-state index in [2.05, 4.69) is 0 Å². The highest BCUT2D eigenvalue weighted by molar-refractivity contribution is 5.98. The first-order chi connectivity index (χ1) is 6.79. The van der Waals surface area contributed by atoms with E-state index in [9.17, 15) is 4.79 Å². The maximum absolute atomic E-state index is 11.5. The molecular formula is C12H16O2. The highest BCUT2D eigenvalue weighted by Crippen LogP contribution is 2.19. The molecule has 76 valence electrons. The van der Waals surface area contributed by atoms with Crippen LogP contribution in [0.25, 0.3) is 0 Å². The number of ether oxygens (including phenoxy) is 1. The van der Waals surface area contributed by atoms with Gasteiger partial charge in [0, 0.05) is 6.42 Å². The van der Waals surface area contributed by atoms with Crippen LogP contribution in [0.2, 0.25) is 0 Å². The van der Waals surface area contributed by atoms with Crippen LogP contribution in [-0.4, -0.2) is 12.4 Å². The Kier molecular flexibility index (Phi) is 4.17. The predicted octanol–water partition coefficient (Wildman–Crippen LogP) is 3.07. The molecule has 0 saturated heterocycles. The van der Waals surface area contributed by atoms with Crippen molar-refractivity contribution in [1.29, 1.82) is 0 Å². The summed E-state index contributed by atoms with van der Waals surface area (Å²) in [4.78, 5) is 11.5. The number of carbonyl (C=O) groups is 1. The summed E-state index contributed by atoms with van der Waals surface area (Å²) >= 11 is 0. The minimum Gasteiger partial charge on any atom is -0.493 e. The van der Waals surface area contributed by atoms with Crippen LogP contribution in [0, 0.1) is 0 Å². The van der Waals surface area contributed by atoms with Gasteiger partial charge in [-0.2, -0.15) is 0 Å². The zero-order valence-electron chi connectivity index (χ0n) is 8.75. The Balaban J connectivity index is 2.85. The average Bonchev–Trinajstić information content (AvgIpc) is 2.25. The molecule has 1 aromatic carbocycles. The third kappa shape index (κ3) is 2.59. The molecule has 0 atom stereocenters. The molecule has 0 aliphatic heterocycles. The van der Waals surface area contributed by atoms with Gasteiger partial charge in [0.15, 0.2) is 5.78 Å². The topological polar surface area (TPSA) is 26.3 Å². The second-order valence-electron chi connectivity index (χ2n) is 3.12. The predicted molar refractivity (Wildman–Crippen MR) is 56.8 cm³/mol. The Morgan fingerprint density at radius 1 is 1.29 bits per heavy atom. The minimum absolute atomic E-state index is 0.136. The fourth-order valence-electron chi connectivity index (χ4n) is 1.23. The van der Waals surface area contributed by atoms with Gasteiger partial charge >= 0.3 is 0 Å². The van der Waals surface area contributed by atoms with Crippen LogP contribution in [0.5, 0.6) is 5.75 Å². The van der Waals surface area contributed by atoms with Crippen LogP contribution in [-0.2, 0) is 0 Å². The lowest BCUT2D eigenvalue weighted by atomic mass is 10.1. The first-order valence-electron chi connectivity index (χ1n) is 5.04. The second-order valence-corrected chi connectivity index (χ2v) is 3.12. The molecule has 0 amide bonds. The standard InChI is InChI=1S/C12H16O2/c1-3-9-14-12-8-6-5-7-10(12)11(13)4-2/h5-8H,3-4,9H2,1-2H3. The van der Waals surface area contributed by atoms with Crippen molar-refractivity contribution in [2.24, 2.45) is 0 Å². The lowest BCUT2D eigenvalue weighted by Crippen LogP contribution is -2.03. The number of rotatable bonds is 5. The van der Waals surface area contributed by atoms with E-state index in [1.54, 1.807) is 0 Å². The van der Waals surface area contributed by atoms with Gasteiger partial charge in [-0.3, -0.25) is 4.79 Å². The van der Waals surface area contributed by atoms with E-state index < -0.39 is 0 Å². The second kappa shape index (κ2) is 5.43. The Labute approximate surface area is 84.9 Å². The van der Waals surface area contributed by atoms with Gasteiger partial charge in [0.2, 0.25) is 0 Å². The van der Waals surface area contributed by atoms with Crippen LogP contribution < -0.4 is 4.74 Å². The first-order valence-corrected chi connectivity index (χ1v) is 5.04. The van der Waals surface area contributed by atoms with Gasteiger partial charge in [-0.25, -0.2) is 0 Å². The van der Waals surface area contributed by atoms with Gasteiger partial charge in [-0.05, 0) is 18.6 Å². The Morgan fingerprint density at radius 2 is 2.00 bits per heavy atom. The van der Waals surface area contributed by atoms with Crippen molar-refractivity contribution in [2.45, 2.75) is 26.7 Å². The van der Waals surface area contributed by atoms with E-state index in [0.29, 0.717) is 24.3 Å². The summed E-state index contributed by atoms with van der Waals surface area (Å²) < 4.78 is 5.49. The van der Waals surface area contributed by atoms with Crippen molar-refractivity contribution >= 4 is 5.78 Å². The molecule has 0 bridgehead atoms. The number of para-hydroxylation sites is 1. The van der Waals surface area contributed by atoms with Crippen molar-refractivity contribution in [2.75, 3.05) is 6.61 Å². The van der Waals surface area contributed by atoms with Gasteiger partial charge in [0.1, 0.15) is 5.75 Å². The van der Waals surface area contributed by atoms with Crippen molar-refractivity contribution in [1.82, 2.24) is 0 Å². The number of Topliss-reactive ketones (excluding diaryl/α,β-unsaturated/α-hetero) is 1. The number of hydrogen-bond donors (Lipinski definition) is 0. The third-order valence-electron chi connectivity index (χ3n) is 1.97. The van der Waals surface area contributed by atoms with Gasteiger partial charge in [-0.1, -0.05) is 26.0 Å². The Morgan fingerprint density at radius 3 is 2.64 bits per heavy atom. The van der Waals surface area contributed by atoms with Gasteiger partial charge in [-0.15, -0.1) is 0 Å². The quantitative estimate of drug-likeness (QED) is 0.670. The van der Waals surface area contributed by atoms with Crippen LogP contribution in [0.4, 0.5) is 0 Å². The molecule has 1 aromatic rings. The molecule has 14 heavy (non-hydrogen) atoms. The molecule has 1 rings (SSSR count). The summed E-state index contributed by atoms with van der Waals surface area (Å²) in [6.45, 7) is 4.57. The molecular weight excluding hydrogens is 176 g/mol. The maximum Gasteiger partial charge on any atom is 0.166 e. The molecule has 0 aromatic heterocycles. The summed E-state index contributed by atoms with van der Waals surface area (Å²) in [6.07, 6.45) is 1.47. The first kappa shape index (κ1) is 10.8. The van der Waals surface area contributed by atoms with Crippen molar-refractivity contribution in [3.8, 4) is 5.75 Å². The van der Waals surface area contributed by atoms with E-state index in [-0.39, 0.29) is 5.78 Å². The Bertz CT molecular complexity index is 305. The molecule has 0 heterocycles. The number of ketones is 1. The number of benzene rings is 1. The molecule has 0 saturated carbocycles. The zero-order chi connectivity index (χ0) is 10.4. The molecule has 0 radical (unpaired) electrons. The summed E-state index contributed by atoms with van der Waals surface area (Å²) in [5.41, 5.74) is 0.698. The van der Waals surface area contributed by atoms with Gasteiger partial charge < -0.3 is 4.74 Å². The van der Waals surface area contributed by atoms with Crippen molar-refractivity contribution in [3.05, 3.63) is 29.8 Å². The van der Waals surface area contributed by atoms with Crippen LogP contribution in [0.3, 0.4) is 0 Å². The molecule has 2 heteroatoms. The minimum atomic E-state index is 0.136. The summed E-state index contributed by atoms with van der Waals surface area (Å²) in [7, 11) is 0. The SMILES string of the molecule is CCCOc1ccccc1C(=O)CC. The molecule has 0 N–H and O–H groups in total. The number of carbonyl (C=O) groups excluding carboxylic acids is 1. The summed E-state index contributed by atoms with van der Waals surface area (Å²) in [6, 6.07) is 7.41. The third-order valence-corrected chi connectivity index (χ3v) is 1.97.